The van der Waals surface area contributed by atoms with Crippen LogP contribution in [0.5, 0.6) is 0 Å². The fourth-order valence-corrected chi connectivity index (χ4v) is 2.08. The summed E-state index contributed by atoms with van der Waals surface area (Å²) < 4.78 is 67.4. The van der Waals surface area contributed by atoms with Gasteiger partial charge in [0, 0.05) is 19.5 Å². The molecule has 1 aliphatic heterocycles. The Kier molecular flexibility index (Phi) is 5.13. The van der Waals surface area contributed by atoms with Crippen LogP contribution in [0.25, 0.3) is 0 Å². The molecule has 0 radical (unpaired) electrons. The Balaban J connectivity index is 2.79. The molecule has 0 aliphatic carbocycles. The molecule has 0 N–H and O–H groups in total. The van der Waals surface area contributed by atoms with Crippen molar-refractivity contribution in [1.82, 2.24) is 4.90 Å². The molecular weight excluding hydrogens is 253 g/mol. The molecule has 18 heavy (non-hydrogen) atoms. The number of hydrogen-bond donors (Lipinski definition) is 0. The van der Waals surface area contributed by atoms with E-state index in [1.807, 2.05) is 0 Å². The van der Waals surface area contributed by atoms with E-state index in [1.54, 1.807) is 0 Å². The van der Waals surface area contributed by atoms with Crippen LogP contribution in [0.4, 0.5) is 22.0 Å². The third-order valence-electron chi connectivity index (χ3n) is 3.12. The summed E-state index contributed by atoms with van der Waals surface area (Å²) in [5.41, 5.74) is 0. The fraction of sp³-hybridized carbons (Fsp3) is 0.833. The highest BCUT2D eigenvalue weighted by Gasteiger charge is 2.57. The Morgan fingerprint density at radius 1 is 1.06 bits per heavy atom. The van der Waals surface area contributed by atoms with Gasteiger partial charge in [-0.25, -0.2) is 18.1 Å². The normalized spacial score (nSPS) is 21.4. The number of alkyl halides is 5. The number of rotatable bonds is 5. The molecule has 6 heteroatoms. The van der Waals surface area contributed by atoms with E-state index in [2.05, 4.69) is 6.58 Å². The molecule has 0 aromatic heterocycles. The van der Waals surface area contributed by atoms with E-state index >= 15 is 0 Å². The summed E-state index contributed by atoms with van der Waals surface area (Å²) >= 11 is 0. The Morgan fingerprint density at radius 2 is 1.56 bits per heavy atom. The first-order chi connectivity index (χ1) is 8.32. The van der Waals surface area contributed by atoms with Crippen molar-refractivity contribution in [3.8, 4) is 0 Å². The Morgan fingerprint density at radius 3 is 2.00 bits per heavy atom. The largest absolute Gasteiger partial charge is 0.341 e. The predicted octanol–water partition coefficient (Wildman–Crippen LogP) is 4.00. The average Bonchev–Trinajstić information content (AvgIpc) is 2.56. The van der Waals surface area contributed by atoms with Crippen LogP contribution >= 0.6 is 0 Å². The van der Waals surface area contributed by atoms with E-state index in [9.17, 15) is 22.0 Å². The molecule has 1 aliphatic rings. The van der Waals surface area contributed by atoms with E-state index in [1.165, 1.54) is 0 Å². The van der Waals surface area contributed by atoms with Crippen molar-refractivity contribution in [3.05, 3.63) is 12.7 Å². The molecule has 0 amide bonds. The van der Waals surface area contributed by atoms with Crippen molar-refractivity contribution < 1.29 is 22.0 Å². The van der Waals surface area contributed by atoms with Crippen LogP contribution in [0.2, 0.25) is 0 Å². The van der Waals surface area contributed by atoms with Gasteiger partial charge in [-0.3, -0.25) is 0 Å². The molecule has 0 aromatic carbocycles. The zero-order chi connectivity index (χ0) is 13.8. The lowest BCUT2D eigenvalue weighted by Gasteiger charge is -2.35. The van der Waals surface area contributed by atoms with Crippen LogP contribution in [0.15, 0.2) is 12.7 Å². The maximum atomic E-state index is 13.7. The quantitative estimate of drug-likeness (QED) is 0.415. The molecule has 0 spiro atoms. The van der Waals surface area contributed by atoms with Gasteiger partial charge in [-0.2, -0.15) is 8.78 Å². The molecular formula is C12H18F5N. The fourth-order valence-electron chi connectivity index (χ4n) is 2.08. The monoisotopic (exact) mass is 271 g/mol. The first kappa shape index (κ1) is 15.4. The molecule has 1 unspecified atom stereocenters. The smallest absolute Gasteiger partial charge is 0.242 e. The molecule has 0 aromatic rings. The Hall–Kier alpha value is -0.650. The highest BCUT2D eigenvalue weighted by Crippen LogP contribution is 2.39. The SMILES string of the molecule is C=CCC(F)(F)C(F)C(F)(F)N1CCCCCC1. The van der Waals surface area contributed by atoms with Crippen LogP contribution in [0.1, 0.15) is 32.1 Å². The van der Waals surface area contributed by atoms with Crippen LogP contribution < -0.4 is 0 Å². The topological polar surface area (TPSA) is 3.24 Å². The summed E-state index contributed by atoms with van der Waals surface area (Å²) in [5, 5.41) is 0. The lowest BCUT2D eigenvalue weighted by atomic mass is 10.1. The van der Waals surface area contributed by atoms with Gasteiger partial charge < -0.3 is 0 Å². The van der Waals surface area contributed by atoms with Crippen molar-refractivity contribution >= 4 is 0 Å². The van der Waals surface area contributed by atoms with Gasteiger partial charge in [0.1, 0.15) is 0 Å². The molecule has 1 nitrogen and oxygen atoms in total. The summed E-state index contributed by atoms with van der Waals surface area (Å²) in [5.74, 6) is -4.09. The number of nitrogens with zero attached hydrogens (tertiary/aromatic N) is 1. The van der Waals surface area contributed by atoms with Gasteiger partial charge in [-0.15, -0.1) is 6.58 Å². The maximum Gasteiger partial charge on any atom is 0.341 e. The van der Waals surface area contributed by atoms with Crippen molar-refractivity contribution in [2.75, 3.05) is 13.1 Å². The first-order valence-corrected chi connectivity index (χ1v) is 6.08. The summed E-state index contributed by atoms with van der Waals surface area (Å²) in [6.07, 6.45) is -1.33. The molecule has 106 valence electrons. The highest BCUT2D eigenvalue weighted by atomic mass is 19.3. The van der Waals surface area contributed by atoms with Crippen LogP contribution in [0, 0.1) is 0 Å². The first-order valence-electron chi connectivity index (χ1n) is 6.08. The predicted molar refractivity (Wildman–Crippen MR) is 59.6 cm³/mol. The van der Waals surface area contributed by atoms with E-state index in [-0.39, 0.29) is 13.1 Å². The Bertz CT molecular complexity index is 272. The van der Waals surface area contributed by atoms with Gasteiger partial charge in [0.2, 0.25) is 6.17 Å². The zero-order valence-electron chi connectivity index (χ0n) is 10.1. The standard InChI is InChI=1S/C12H18F5N/c1-2-7-11(14,15)10(13)12(16,17)18-8-5-3-4-6-9-18/h2,10H,1,3-9H2. The van der Waals surface area contributed by atoms with Gasteiger partial charge in [-0.1, -0.05) is 18.9 Å². The molecule has 0 saturated carbocycles. The van der Waals surface area contributed by atoms with Crippen molar-refractivity contribution in [1.29, 1.82) is 0 Å². The summed E-state index contributed by atoms with van der Waals surface area (Å²) in [4.78, 5) is 0.543. The van der Waals surface area contributed by atoms with E-state index in [0.29, 0.717) is 17.7 Å². The Labute approximate surface area is 104 Å². The highest BCUT2D eigenvalue weighted by molar-refractivity contribution is 4.93. The number of likely N-dealkylation sites (tertiary alicyclic amines) is 1. The number of halogens is 5. The minimum absolute atomic E-state index is 0.0441. The molecule has 1 heterocycles. The molecule has 1 rings (SSSR count). The minimum Gasteiger partial charge on any atom is -0.242 e. The number of hydrogen-bond acceptors (Lipinski definition) is 1. The van der Waals surface area contributed by atoms with Crippen LogP contribution in [-0.2, 0) is 0 Å². The average molecular weight is 271 g/mol. The summed E-state index contributed by atoms with van der Waals surface area (Å²) in [7, 11) is 0. The van der Waals surface area contributed by atoms with Gasteiger partial charge in [0.15, 0.2) is 0 Å². The minimum atomic E-state index is -4.13. The van der Waals surface area contributed by atoms with E-state index < -0.39 is 24.6 Å². The van der Waals surface area contributed by atoms with Crippen LogP contribution in [-0.4, -0.2) is 36.1 Å². The van der Waals surface area contributed by atoms with Gasteiger partial charge in [0.25, 0.3) is 5.92 Å². The second-order valence-electron chi connectivity index (χ2n) is 4.61. The second kappa shape index (κ2) is 5.99. The number of allylic oxidation sites excluding steroid dienone is 1. The van der Waals surface area contributed by atoms with Crippen LogP contribution in [0.3, 0.4) is 0 Å². The third-order valence-corrected chi connectivity index (χ3v) is 3.12. The second-order valence-corrected chi connectivity index (χ2v) is 4.61. The molecule has 1 saturated heterocycles. The van der Waals surface area contributed by atoms with Gasteiger partial charge >= 0.3 is 6.05 Å². The third kappa shape index (κ3) is 3.43. The van der Waals surface area contributed by atoms with E-state index in [0.717, 1.165) is 18.9 Å². The maximum absolute atomic E-state index is 13.7. The van der Waals surface area contributed by atoms with Crippen molar-refractivity contribution in [2.45, 2.75) is 50.2 Å². The van der Waals surface area contributed by atoms with E-state index in [4.69, 9.17) is 0 Å². The van der Waals surface area contributed by atoms with Crippen molar-refractivity contribution in [2.24, 2.45) is 0 Å². The van der Waals surface area contributed by atoms with Gasteiger partial charge in [0.05, 0.1) is 0 Å². The zero-order valence-corrected chi connectivity index (χ0v) is 10.1. The lowest BCUT2D eigenvalue weighted by Crippen LogP contribution is -2.55. The van der Waals surface area contributed by atoms with Crippen molar-refractivity contribution in [3.63, 3.8) is 0 Å². The summed E-state index contributed by atoms with van der Waals surface area (Å²) in [6, 6.07) is -4.13. The summed E-state index contributed by atoms with van der Waals surface area (Å²) in [6.45, 7) is 2.94. The van der Waals surface area contributed by atoms with Gasteiger partial charge in [-0.05, 0) is 12.8 Å². The molecule has 1 fully saturated rings. The molecule has 1 atom stereocenters. The lowest BCUT2D eigenvalue weighted by molar-refractivity contribution is -0.247. The molecule has 0 bridgehead atoms.